The number of anilines is 2. The molecule has 70 valence electrons. The number of nitro benzene ring substituents is 1. The molecule has 0 atom stereocenters. The minimum Gasteiger partial charge on any atom is -0.393 e. The van der Waals surface area contributed by atoms with Gasteiger partial charge in [0.2, 0.25) is 0 Å². The number of nitrogens with two attached hydrogens (primary N) is 2. The van der Waals surface area contributed by atoms with Crippen LogP contribution in [0.15, 0.2) is 6.07 Å². The molecule has 0 bridgehead atoms. The van der Waals surface area contributed by atoms with Gasteiger partial charge in [-0.15, -0.1) is 0 Å². The summed E-state index contributed by atoms with van der Waals surface area (Å²) in [5.74, 6) is -0.638. The maximum atomic E-state index is 12.9. The number of nitrogen functional groups attached to an aromatic ring is 2. The van der Waals surface area contributed by atoms with Crippen molar-refractivity contribution in [2.45, 2.75) is 6.92 Å². The first kappa shape index (κ1) is 9.24. The van der Waals surface area contributed by atoms with E-state index in [1.165, 1.54) is 6.92 Å². The summed E-state index contributed by atoms with van der Waals surface area (Å²) in [5, 5.41) is 10.4. The summed E-state index contributed by atoms with van der Waals surface area (Å²) in [5.41, 5.74) is 9.69. The Morgan fingerprint density at radius 2 is 2.08 bits per heavy atom. The molecule has 0 radical (unpaired) electrons. The summed E-state index contributed by atoms with van der Waals surface area (Å²) >= 11 is 0. The Bertz CT molecular complexity index is 378. The van der Waals surface area contributed by atoms with E-state index >= 15 is 0 Å². The van der Waals surface area contributed by atoms with Crippen LogP contribution in [0.1, 0.15) is 5.56 Å². The lowest BCUT2D eigenvalue weighted by Crippen LogP contribution is -2.04. The van der Waals surface area contributed by atoms with Crippen LogP contribution < -0.4 is 11.5 Å². The van der Waals surface area contributed by atoms with E-state index in [4.69, 9.17) is 11.5 Å². The monoisotopic (exact) mass is 185 g/mol. The molecular formula is C7H8FN3O2. The van der Waals surface area contributed by atoms with Crippen LogP contribution in [0.4, 0.5) is 21.5 Å². The van der Waals surface area contributed by atoms with Crippen molar-refractivity contribution in [1.29, 1.82) is 0 Å². The predicted molar refractivity (Wildman–Crippen MR) is 46.6 cm³/mol. The summed E-state index contributed by atoms with van der Waals surface area (Å²) in [6.07, 6.45) is 0. The third-order valence-electron chi connectivity index (χ3n) is 1.76. The van der Waals surface area contributed by atoms with Crippen molar-refractivity contribution < 1.29 is 9.31 Å². The smallest absolute Gasteiger partial charge is 0.315 e. The molecule has 0 spiro atoms. The summed E-state index contributed by atoms with van der Waals surface area (Å²) in [6.45, 7) is 1.36. The van der Waals surface area contributed by atoms with Crippen molar-refractivity contribution in [3.63, 3.8) is 0 Å². The van der Waals surface area contributed by atoms with Crippen LogP contribution in [-0.4, -0.2) is 4.92 Å². The number of nitrogens with zero attached hydrogens (tertiary/aromatic N) is 1. The second kappa shape index (κ2) is 2.89. The van der Waals surface area contributed by atoms with Crippen LogP contribution in [0, 0.1) is 22.9 Å². The van der Waals surface area contributed by atoms with Crippen LogP contribution in [0.2, 0.25) is 0 Å². The van der Waals surface area contributed by atoms with Gasteiger partial charge in [0.15, 0.2) is 0 Å². The lowest BCUT2D eigenvalue weighted by molar-refractivity contribution is -0.383. The minimum absolute atomic E-state index is 0.0425. The van der Waals surface area contributed by atoms with Gasteiger partial charge in [-0.05, 0) is 6.92 Å². The number of hydrogen-bond acceptors (Lipinski definition) is 4. The molecule has 0 saturated heterocycles. The maximum Gasteiger partial charge on any atom is 0.315 e. The normalized spacial score (nSPS) is 10.0. The summed E-state index contributed by atoms with van der Waals surface area (Å²) < 4.78 is 12.9. The van der Waals surface area contributed by atoms with Gasteiger partial charge in [0.05, 0.1) is 4.92 Å². The van der Waals surface area contributed by atoms with E-state index in [1.54, 1.807) is 0 Å². The molecule has 0 amide bonds. The van der Waals surface area contributed by atoms with Crippen molar-refractivity contribution in [2.75, 3.05) is 11.5 Å². The lowest BCUT2D eigenvalue weighted by atomic mass is 10.1. The zero-order valence-electron chi connectivity index (χ0n) is 6.87. The Labute approximate surface area is 73.3 Å². The average molecular weight is 185 g/mol. The highest BCUT2D eigenvalue weighted by Crippen LogP contribution is 2.32. The van der Waals surface area contributed by atoms with Gasteiger partial charge >= 0.3 is 5.69 Å². The van der Waals surface area contributed by atoms with Crippen LogP contribution in [0.3, 0.4) is 0 Å². The van der Waals surface area contributed by atoms with Crippen molar-refractivity contribution in [1.82, 2.24) is 0 Å². The molecular weight excluding hydrogens is 177 g/mol. The van der Waals surface area contributed by atoms with Gasteiger partial charge in [-0.3, -0.25) is 10.1 Å². The molecule has 0 aliphatic carbocycles. The van der Waals surface area contributed by atoms with E-state index in [9.17, 15) is 14.5 Å². The first-order valence-electron chi connectivity index (χ1n) is 3.43. The number of nitro groups is 1. The molecule has 1 rings (SSSR count). The standard InChI is InChI=1S/C7H8FN3O2/c1-3-4(8)2-5(9)7(6(3)10)11(12)13/h2H,9-10H2,1H3. The molecule has 0 aliphatic rings. The molecule has 0 aromatic heterocycles. The Morgan fingerprint density at radius 1 is 1.54 bits per heavy atom. The predicted octanol–water partition coefficient (Wildman–Crippen LogP) is 1.21. The minimum atomic E-state index is -0.725. The van der Waals surface area contributed by atoms with E-state index in [-0.39, 0.29) is 16.9 Å². The van der Waals surface area contributed by atoms with Crippen LogP contribution in [0.25, 0.3) is 0 Å². The SMILES string of the molecule is Cc1c(F)cc(N)c([N+](=O)[O-])c1N. The fourth-order valence-corrected chi connectivity index (χ4v) is 0.979. The summed E-state index contributed by atoms with van der Waals surface area (Å²) in [6, 6.07) is 0.893. The third-order valence-corrected chi connectivity index (χ3v) is 1.76. The van der Waals surface area contributed by atoms with E-state index in [1.807, 2.05) is 0 Å². The highest BCUT2D eigenvalue weighted by Gasteiger charge is 2.20. The number of rotatable bonds is 1. The Balaban J connectivity index is 3.53. The van der Waals surface area contributed by atoms with Gasteiger partial charge in [0.25, 0.3) is 0 Å². The number of benzene rings is 1. The molecule has 4 N–H and O–H groups in total. The molecule has 0 unspecified atom stereocenters. The second-order valence-corrected chi connectivity index (χ2v) is 2.59. The van der Waals surface area contributed by atoms with Gasteiger partial charge < -0.3 is 11.5 Å². The molecule has 13 heavy (non-hydrogen) atoms. The van der Waals surface area contributed by atoms with Crippen LogP contribution in [-0.2, 0) is 0 Å². The molecule has 6 heteroatoms. The fraction of sp³-hybridized carbons (Fsp3) is 0.143. The topological polar surface area (TPSA) is 95.2 Å². The number of hydrogen-bond donors (Lipinski definition) is 2. The van der Waals surface area contributed by atoms with Crippen LogP contribution in [0.5, 0.6) is 0 Å². The molecule has 0 saturated carbocycles. The Hall–Kier alpha value is -1.85. The van der Waals surface area contributed by atoms with Gasteiger partial charge in [0.1, 0.15) is 17.2 Å². The molecule has 0 aliphatic heterocycles. The first-order valence-corrected chi connectivity index (χ1v) is 3.43. The largest absolute Gasteiger partial charge is 0.393 e. The quantitative estimate of drug-likeness (QED) is 0.390. The first-order chi connectivity index (χ1) is 5.95. The zero-order valence-corrected chi connectivity index (χ0v) is 6.87. The summed E-state index contributed by atoms with van der Waals surface area (Å²) in [7, 11) is 0. The number of halogens is 1. The zero-order chi connectivity index (χ0) is 10.2. The summed E-state index contributed by atoms with van der Waals surface area (Å²) in [4.78, 5) is 9.70. The maximum absolute atomic E-state index is 12.9. The second-order valence-electron chi connectivity index (χ2n) is 2.59. The highest BCUT2D eigenvalue weighted by atomic mass is 19.1. The van der Waals surface area contributed by atoms with Crippen molar-refractivity contribution in [3.05, 3.63) is 27.6 Å². The van der Waals surface area contributed by atoms with E-state index < -0.39 is 16.4 Å². The van der Waals surface area contributed by atoms with E-state index in [0.717, 1.165) is 6.07 Å². The van der Waals surface area contributed by atoms with Crippen molar-refractivity contribution >= 4 is 17.1 Å². The molecule has 0 heterocycles. The van der Waals surface area contributed by atoms with E-state index in [0.29, 0.717) is 0 Å². The van der Waals surface area contributed by atoms with E-state index in [2.05, 4.69) is 0 Å². The third kappa shape index (κ3) is 1.37. The lowest BCUT2D eigenvalue weighted by Gasteiger charge is -2.04. The average Bonchev–Trinajstić information content (AvgIpc) is 1.99. The fourth-order valence-electron chi connectivity index (χ4n) is 0.979. The Kier molecular flexibility index (Phi) is 2.05. The molecule has 1 aromatic rings. The van der Waals surface area contributed by atoms with Gasteiger partial charge in [0, 0.05) is 11.6 Å². The molecule has 5 nitrogen and oxygen atoms in total. The van der Waals surface area contributed by atoms with Crippen molar-refractivity contribution in [2.24, 2.45) is 0 Å². The van der Waals surface area contributed by atoms with Gasteiger partial charge in [-0.25, -0.2) is 4.39 Å². The van der Waals surface area contributed by atoms with Crippen molar-refractivity contribution in [3.8, 4) is 0 Å². The van der Waals surface area contributed by atoms with Gasteiger partial charge in [-0.1, -0.05) is 0 Å². The Morgan fingerprint density at radius 3 is 2.54 bits per heavy atom. The van der Waals surface area contributed by atoms with Gasteiger partial charge in [-0.2, -0.15) is 0 Å². The molecule has 1 aromatic carbocycles. The molecule has 0 fully saturated rings. The van der Waals surface area contributed by atoms with Crippen LogP contribution >= 0.6 is 0 Å². The highest BCUT2D eigenvalue weighted by molar-refractivity contribution is 5.75.